The number of carbonyl (C=O) groups is 1. The van der Waals surface area contributed by atoms with Crippen molar-refractivity contribution in [2.75, 3.05) is 5.32 Å². The molecule has 0 aliphatic rings. The summed E-state index contributed by atoms with van der Waals surface area (Å²) >= 11 is 14.1. The van der Waals surface area contributed by atoms with Crippen LogP contribution in [0.4, 0.5) is 5.69 Å². The van der Waals surface area contributed by atoms with Crippen LogP contribution in [0, 0.1) is 6.92 Å². The highest BCUT2D eigenvalue weighted by Gasteiger charge is 2.16. The van der Waals surface area contributed by atoms with Gasteiger partial charge in [-0.1, -0.05) is 11.6 Å². The van der Waals surface area contributed by atoms with E-state index in [9.17, 15) is 4.79 Å². The van der Waals surface area contributed by atoms with E-state index in [1.165, 1.54) is 11.3 Å². The highest BCUT2D eigenvalue weighted by molar-refractivity contribution is 9.12. The number of halogens is 3. The number of aryl methyl sites for hydroxylation is 1. The number of nitrogens with zero attached hydrogens (tertiary/aromatic N) is 1. The van der Waals surface area contributed by atoms with Gasteiger partial charge in [-0.05, 0) is 56.5 Å². The molecule has 1 N–H and O–H groups in total. The number of aromatic nitrogens is 1. The van der Waals surface area contributed by atoms with Crippen molar-refractivity contribution in [1.29, 1.82) is 0 Å². The first-order valence-electron chi connectivity index (χ1n) is 4.86. The number of nitrogens with one attached hydrogen (secondary N) is 1. The number of thiophene rings is 1. The lowest BCUT2D eigenvalue weighted by Crippen LogP contribution is -2.13. The molecule has 3 nitrogen and oxygen atoms in total. The van der Waals surface area contributed by atoms with Gasteiger partial charge in [0.15, 0.2) is 5.15 Å². The number of hydrogen-bond donors (Lipinski definition) is 1. The van der Waals surface area contributed by atoms with Crippen LogP contribution in [0.2, 0.25) is 5.15 Å². The average Bonchev–Trinajstić information content (AvgIpc) is 2.63. The molecule has 0 unspecified atom stereocenters. The van der Waals surface area contributed by atoms with Crippen LogP contribution >= 0.6 is 54.8 Å². The molecule has 0 radical (unpaired) electrons. The number of hydrogen-bond acceptors (Lipinski definition) is 3. The van der Waals surface area contributed by atoms with Gasteiger partial charge >= 0.3 is 0 Å². The first-order chi connectivity index (χ1) is 8.49. The summed E-state index contributed by atoms with van der Waals surface area (Å²) in [6, 6.07) is 3.55. The molecule has 0 aliphatic heterocycles. The van der Waals surface area contributed by atoms with Gasteiger partial charge in [0.25, 0.3) is 5.91 Å². The lowest BCUT2D eigenvalue weighted by atomic mass is 10.2. The molecule has 0 atom stereocenters. The van der Waals surface area contributed by atoms with E-state index < -0.39 is 0 Å². The van der Waals surface area contributed by atoms with E-state index in [-0.39, 0.29) is 11.1 Å². The minimum Gasteiger partial charge on any atom is -0.319 e. The van der Waals surface area contributed by atoms with E-state index in [0.717, 1.165) is 13.1 Å². The van der Waals surface area contributed by atoms with Crippen molar-refractivity contribution in [3.8, 4) is 0 Å². The largest absolute Gasteiger partial charge is 0.319 e. The molecule has 94 valence electrons. The summed E-state index contributed by atoms with van der Waals surface area (Å²) in [5.41, 5.74) is 1.97. The average molecular weight is 411 g/mol. The van der Waals surface area contributed by atoms with Gasteiger partial charge in [0.2, 0.25) is 0 Å². The van der Waals surface area contributed by atoms with Crippen molar-refractivity contribution in [2.24, 2.45) is 0 Å². The van der Waals surface area contributed by atoms with Crippen molar-refractivity contribution in [1.82, 2.24) is 4.98 Å². The third-order valence-electron chi connectivity index (χ3n) is 2.25. The summed E-state index contributed by atoms with van der Waals surface area (Å²) in [4.78, 5) is 16.1. The standard InChI is InChI=1S/C11H7Br2ClN2OS/c1-5-2-3-15-10(14)8(5)16-11(17)6-4-7(12)18-9(6)13/h2-4H,1H3,(H,16,17). The van der Waals surface area contributed by atoms with Crippen LogP contribution in [0.25, 0.3) is 0 Å². The fourth-order valence-corrected chi connectivity index (χ4v) is 4.40. The van der Waals surface area contributed by atoms with Gasteiger partial charge in [-0.25, -0.2) is 4.98 Å². The maximum atomic E-state index is 12.1. The van der Waals surface area contributed by atoms with Crippen LogP contribution in [-0.2, 0) is 0 Å². The van der Waals surface area contributed by atoms with Crippen molar-refractivity contribution < 1.29 is 4.79 Å². The van der Waals surface area contributed by atoms with Gasteiger partial charge in [-0.2, -0.15) is 0 Å². The molecular formula is C11H7Br2ClN2OS. The van der Waals surface area contributed by atoms with Gasteiger partial charge in [0.05, 0.1) is 18.8 Å². The molecule has 0 fully saturated rings. The van der Waals surface area contributed by atoms with Gasteiger partial charge in [-0.3, -0.25) is 4.79 Å². The third-order valence-corrected chi connectivity index (χ3v) is 4.88. The first kappa shape index (κ1) is 14.0. The summed E-state index contributed by atoms with van der Waals surface area (Å²) in [5.74, 6) is -0.221. The molecule has 2 rings (SSSR count). The molecule has 0 bridgehead atoms. The topological polar surface area (TPSA) is 42.0 Å². The maximum Gasteiger partial charge on any atom is 0.257 e. The summed E-state index contributed by atoms with van der Waals surface area (Å²) < 4.78 is 1.65. The van der Waals surface area contributed by atoms with Crippen molar-refractivity contribution in [2.45, 2.75) is 6.92 Å². The molecule has 0 aromatic carbocycles. The molecule has 2 aromatic rings. The zero-order chi connectivity index (χ0) is 13.3. The van der Waals surface area contributed by atoms with Crippen LogP contribution in [0.5, 0.6) is 0 Å². The second kappa shape index (κ2) is 5.69. The molecule has 1 amide bonds. The van der Waals surface area contributed by atoms with Gasteiger partial charge in [0, 0.05) is 6.20 Å². The molecular weight excluding hydrogens is 403 g/mol. The molecule has 2 heterocycles. The molecule has 2 aromatic heterocycles. The smallest absolute Gasteiger partial charge is 0.257 e. The maximum absolute atomic E-state index is 12.1. The Morgan fingerprint density at radius 2 is 2.22 bits per heavy atom. The van der Waals surface area contributed by atoms with E-state index in [1.807, 2.05) is 6.92 Å². The minimum absolute atomic E-state index is 0.221. The van der Waals surface area contributed by atoms with Crippen LogP contribution in [-0.4, -0.2) is 10.9 Å². The number of amides is 1. The van der Waals surface area contributed by atoms with E-state index in [0.29, 0.717) is 11.3 Å². The third kappa shape index (κ3) is 2.93. The highest BCUT2D eigenvalue weighted by Crippen LogP contribution is 2.33. The second-order valence-corrected chi connectivity index (χ2v) is 7.59. The van der Waals surface area contributed by atoms with Crippen molar-refractivity contribution in [3.63, 3.8) is 0 Å². The van der Waals surface area contributed by atoms with Gasteiger partial charge in [0.1, 0.15) is 0 Å². The van der Waals surface area contributed by atoms with Gasteiger partial charge in [-0.15, -0.1) is 11.3 Å². The molecule has 18 heavy (non-hydrogen) atoms. The fraction of sp³-hybridized carbons (Fsp3) is 0.0909. The molecule has 7 heteroatoms. The Morgan fingerprint density at radius 1 is 1.50 bits per heavy atom. The quantitative estimate of drug-likeness (QED) is 0.717. The Hall–Kier alpha value is -0.430. The summed E-state index contributed by atoms with van der Waals surface area (Å²) in [7, 11) is 0. The molecule has 0 saturated carbocycles. The normalized spacial score (nSPS) is 10.4. The fourth-order valence-electron chi connectivity index (χ4n) is 1.35. The number of carbonyl (C=O) groups excluding carboxylic acids is 1. The predicted octanol–water partition coefficient (Wildman–Crippen LogP) is 4.88. The number of pyridine rings is 1. The number of rotatable bonds is 2. The van der Waals surface area contributed by atoms with E-state index in [1.54, 1.807) is 18.3 Å². The van der Waals surface area contributed by atoms with E-state index >= 15 is 0 Å². The minimum atomic E-state index is -0.221. The Morgan fingerprint density at radius 3 is 2.78 bits per heavy atom. The lowest BCUT2D eigenvalue weighted by Gasteiger charge is -2.08. The number of anilines is 1. The molecule has 0 aliphatic carbocycles. The summed E-state index contributed by atoms with van der Waals surface area (Å²) in [5, 5.41) is 3.06. The first-order valence-corrected chi connectivity index (χ1v) is 7.64. The zero-order valence-corrected chi connectivity index (χ0v) is 13.9. The zero-order valence-electron chi connectivity index (χ0n) is 9.13. The van der Waals surface area contributed by atoms with Crippen LogP contribution in [0.1, 0.15) is 15.9 Å². The van der Waals surface area contributed by atoms with E-state index in [4.69, 9.17) is 11.6 Å². The van der Waals surface area contributed by atoms with Gasteiger partial charge < -0.3 is 5.32 Å². The van der Waals surface area contributed by atoms with Crippen molar-refractivity contribution >= 4 is 66.4 Å². The Labute approximate surface area is 130 Å². The van der Waals surface area contributed by atoms with Crippen LogP contribution < -0.4 is 5.32 Å². The Kier molecular flexibility index (Phi) is 4.42. The lowest BCUT2D eigenvalue weighted by molar-refractivity contribution is 0.102. The van der Waals surface area contributed by atoms with Crippen molar-refractivity contribution in [3.05, 3.63) is 42.2 Å². The van der Waals surface area contributed by atoms with Crippen LogP contribution in [0.15, 0.2) is 25.9 Å². The summed E-state index contributed by atoms with van der Waals surface area (Å²) in [6.45, 7) is 1.86. The predicted molar refractivity (Wildman–Crippen MR) is 81.7 cm³/mol. The second-order valence-electron chi connectivity index (χ2n) is 3.49. The monoisotopic (exact) mass is 408 g/mol. The highest BCUT2D eigenvalue weighted by atomic mass is 79.9. The molecule has 0 saturated heterocycles. The Balaban J connectivity index is 2.30. The Bertz CT molecular complexity index is 595. The SMILES string of the molecule is Cc1ccnc(Cl)c1NC(=O)c1cc(Br)sc1Br. The molecule has 0 spiro atoms. The van der Waals surface area contributed by atoms with E-state index in [2.05, 4.69) is 42.2 Å². The summed E-state index contributed by atoms with van der Waals surface area (Å²) in [6.07, 6.45) is 1.60. The van der Waals surface area contributed by atoms with Crippen LogP contribution in [0.3, 0.4) is 0 Å².